The van der Waals surface area contributed by atoms with Gasteiger partial charge in [-0.15, -0.1) is 0 Å². The summed E-state index contributed by atoms with van der Waals surface area (Å²) in [6.07, 6.45) is 33.1. The van der Waals surface area contributed by atoms with Crippen molar-refractivity contribution in [2.45, 2.75) is 168 Å². The molecule has 0 rings (SSSR count). The summed E-state index contributed by atoms with van der Waals surface area (Å²) in [4.78, 5) is 0. The van der Waals surface area contributed by atoms with Gasteiger partial charge in [-0.05, 0) is 12.3 Å². The van der Waals surface area contributed by atoms with Gasteiger partial charge in [0.25, 0.3) is 0 Å². The molecule has 0 aromatic heterocycles. The van der Waals surface area contributed by atoms with Gasteiger partial charge in [-0.3, -0.25) is 0 Å². The molecule has 0 fully saturated rings. The van der Waals surface area contributed by atoms with E-state index in [4.69, 9.17) is 4.74 Å². The normalized spacial score (nSPS) is 12.5. The number of ether oxygens (including phenoxy) is 1. The minimum atomic E-state index is 0.727. The third-order valence-corrected chi connectivity index (χ3v) is 6.74. The second kappa shape index (κ2) is 27.0. The summed E-state index contributed by atoms with van der Waals surface area (Å²) in [7, 11) is 0. The molecule has 1 atom stereocenters. The van der Waals surface area contributed by atoms with Crippen molar-refractivity contribution in [3.05, 3.63) is 0 Å². The lowest BCUT2D eigenvalue weighted by Gasteiger charge is -2.09. The monoisotopic (exact) mass is 424 g/mol. The zero-order valence-electron chi connectivity index (χ0n) is 21.7. The lowest BCUT2D eigenvalue weighted by Crippen LogP contribution is -2.05. The Kier molecular flexibility index (Phi) is 27.0. The highest BCUT2D eigenvalue weighted by atomic mass is 16.5. The molecule has 182 valence electrons. The van der Waals surface area contributed by atoms with Crippen molar-refractivity contribution < 1.29 is 4.74 Å². The summed E-state index contributed by atoms with van der Waals surface area (Å²) in [5, 5.41) is 0. The highest BCUT2D eigenvalue weighted by Gasteiger charge is 1.98. The molecule has 0 aliphatic heterocycles. The second-order valence-corrected chi connectivity index (χ2v) is 10.0. The van der Waals surface area contributed by atoms with Crippen LogP contribution in [0.4, 0.5) is 0 Å². The van der Waals surface area contributed by atoms with Crippen LogP contribution < -0.4 is 0 Å². The summed E-state index contributed by atoms with van der Waals surface area (Å²) >= 11 is 0. The summed E-state index contributed by atoms with van der Waals surface area (Å²) in [5.74, 6) is 0.727. The maximum absolute atomic E-state index is 5.73. The van der Waals surface area contributed by atoms with Crippen molar-refractivity contribution in [3.63, 3.8) is 0 Å². The molecule has 30 heavy (non-hydrogen) atoms. The number of unbranched alkanes of at least 4 members (excludes halogenated alkanes) is 21. The van der Waals surface area contributed by atoms with Gasteiger partial charge in [0, 0.05) is 13.2 Å². The van der Waals surface area contributed by atoms with Crippen LogP contribution in [0.3, 0.4) is 0 Å². The Bertz CT molecular complexity index is 288. The van der Waals surface area contributed by atoms with Crippen molar-refractivity contribution in [1.82, 2.24) is 0 Å². The van der Waals surface area contributed by atoms with Crippen molar-refractivity contribution in [1.29, 1.82) is 0 Å². The molecule has 0 heterocycles. The van der Waals surface area contributed by atoms with Crippen molar-refractivity contribution in [3.8, 4) is 0 Å². The van der Waals surface area contributed by atoms with Gasteiger partial charge in [-0.1, -0.05) is 162 Å². The number of hydrogen-bond donors (Lipinski definition) is 0. The summed E-state index contributed by atoms with van der Waals surface area (Å²) < 4.78 is 5.73. The summed E-state index contributed by atoms with van der Waals surface area (Å²) in [5.41, 5.74) is 0. The molecule has 1 heteroatoms. The van der Waals surface area contributed by atoms with Crippen LogP contribution in [0.1, 0.15) is 168 Å². The maximum Gasteiger partial charge on any atom is 0.0491 e. The molecule has 0 aromatic carbocycles. The molecule has 0 N–H and O–H groups in total. The lowest BCUT2D eigenvalue weighted by atomic mass is 10.0. The van der Waals surface area contributed by atoms with Crippen LogP contribution in [0, 0.1) is 5.92 Å². The molecule has 0 saturated heterocycles. The van der Waals surface area contributed by atoms with Crippen LogP contribution in [-0.4, -0.2) is 13.2 Å². The topological polar surface area (TPSA) is 9.23 Å². The Morgan fingerprint density at radius 2 is 0.733 bits per heavy atom. The lowest BCUT2D eigenvalue weighted by molar-refractivity contribution is 0.100. The van der Waals surface area contributed by atoms with Crippen LogP contribution in [0.5, 0.6) is 0 Å². The Morgan fingerprint density at radius 1 is 0.433 bits per heavy atom. The van der Waals surface area contributed by atoms with Crippen molar-refractivity contribution in [2.75, 3.05) is 13.2 Å². The summed E-state index contributed by atoms with van der Waals surface area (Å²) in [6.45, 7) is 8.75. The van der Waals surface area contributed by atoms with E-state index >= 15 is 0 Å². The van der Waals surface area contributed by atoms with Crippen LogP contribution in [-0.2, 0) is 4.74 Å². The minimum Gasteiger partial charge on any atom is -0.381 e. The third kappa shape index (κ3) is 26.0. The first-order valence-electron chi connectivity index (χ1n) is 14.4. The number of rotatable bonds is 26. The fourth-order valence-electron chi connectivity index (χ4n) is 4.22. The average Bonchev–Trinajstić information content (AvgIpc) is 2.76. The molecule has 0 aromatic rings. The zero-order valence-corrected chi connectivity index (χ0v) is 21.7. The molecule has 0 bridgehead atoms. The first kappa shape index (κ1) is 30.0. The molecule has 1 unspecified atom stereocenters. The number of hydrogen-bond acceptors (Lipinski definition) is 1. The van der Waals surface area contributed by atoms with Crippen LogP contribution in [0.2, 0.25) is 0 Å². The summed E-state index contributed by atoms with van der Waals surface area (Å²) in [6, 6.07) is 0. The second-order valence-electron chi connectivity index (χ2n) is 10.0. The zero-order chi connectivity index (χ0) is 22.0. The van der Waals surface area contributed by atoms with E-state index in [1.165, 1.54) is 148 Å². The van der Waals surface area contributed by atoms with E-state index in [0.717, 1.165) is 19.1 Å². The molecular weight excluding hydrogens is 364 g/mol. The highest BCUT2D eigenvalue weighted by Crippen LogP contribution is 2.15. The van der Waals surface area contributed by atoms with Crippen molar-refractivity contribution in [2.24, 2.45) is 5.92 Å². The van der Waals surface area contributed by atoms with E-state index in [2.05, 4.69) is 20.8 Å². The van der Waals surface area contributed by atoms with E-state index in [1.807, 2.05) is 0 Å². The first-order valence-corrected chi connectivity index (χ1v) is 14.4. The van der Waals surface area contributed by atoms with Gasteiger partial charge in [0.2, 0.25) is 0 Å². The molecule has 0 radical (unpaired) electrons. The highest BCUT2D eigenvalue weighted by molar-refractivity contribution is 4.51. The Hall–Kier alpha value is -0.0400. The molecule has 0 aliphatic carbocycles. The van der Waals surface area contributed by atoms with E-state index in [1.54, 1.807) is 0 Å². The third-order valence-electron chi connectivity index (χ3n) is 6.74. The maximum atomic E-state index is 5.73. The molecular formula is C29H60O. The van der Waals surface area contributed by atoms with Gasteiger partial charge in [0.1, 0.15) is 0 Å². The predicted octanol–water partition coefficient (Wildman–Crippen LogP) is 10.7. The molecule has 0 saturated carbocycles. The van der Waals surface area contributed by atoms with Crippen LogP contribution >= 0.6 is 0 Å². The van der Waals surface area contributed by atoms with Gasteiger partial charge < -0.3 is 4.74 Å². The van der Waals surface area contributed by atoms with Crippen molar-refractivity contribution >= 4 is 0 Å². The molecule has 0 amide bonds. The Balaban J connectivity index is 3.00. The molecule has 0 spiro atoms. The van der Waals surface area contributed by atoms with Gasteiger partial charge >= 0.3 is 0 Å². The van der Waals surface area contributed by atoms with E-state index < -0.39 is 0 Å². The van der Waals surface area contributed by atoms with E-state index in [0.29, 0.717) is 0 Å². The van der Waals surface area contributed by atoms with E-state index in [-0.39, 0.29) is 0 Å². The predicted molar refractivity (Wildman–Crippen MR) is 138 cm³/mol. The fraction of sp³-hybridized carbons (Fsp3) is 1.00. The Labute approximate surface area is 192 Å². The largest absolute Gasteiger partial charge is 0.381 e. The first-order chi connectivity index (χ1) is 14.8. The minimum absolute atomic E-state index is 0.727. The smallest absolute Gasteiger partial charge is 0.0491 e. The van der Waals surface area contributed by atoms with Gasteiger partial charge in [-0.2, -0.15) is 0 Å². The fourth-order valence-corrected chi connectivity index (χ4v) is 4.22. The van der Waals surface area contributed by atoms with E-state index in [9.17, 15) is 0 Å². The van der Waals surface area contributed by atoms with Gasteiger partial charge in [0.05, 0.1) is 0 Å². The van der Waals surface area contributed by atoms with Crippen LogP contribution in [0.15, 0.2) is 0 Å². The molecule has 0 aliphatic rings. The molecule has 1 nitrogen and oxygen atoms in total. The van der Waals surface area contributed by atoms with Gasteiger partial charge in [0.15, 0.2) is 0 Å². The quantitative estimate of drug-likeness (QED) is 0.125. The Morgan fingerprint density at radius 3 is 1.03 bits per heavy atom. The standard InChI is InChI=1S/C29H60O/c1-4-6-7-8-9-10-11-12-13-14-15-16-17-18-19-20-21-22-23-24-25-26-27-30-28-29(3)5-2/h29H,4-28H2,1-3H3. The SMILES string of the molecule is CCCCCCCCCCCCCCCCCCCCCCCCOCC(C)CC. The van der Waals surface area contributed by atoms with Gasteiger partial charge in [-0.25, -0.2) is 0 Å². The van der Waals surface area contributed by atoms with Crippen LogP contribution in [0.25, 0.3) is 0 Å². The average molecular weight is 425 g/mol.